The molecule has 0 N–H and O–H groups in total. The minimum atomic E-state index is 0. The van der Waals surface area contributed by atoms with Crippen molar-refractivity contribution in [3.05, 3.63) is 0 Å². The molecule has 2 unspecified atom stereocenters. The Balaban J connectivity index is -0.0000000305. The molecule has 0 aromatic carbocycles. The van der Waals surface area contributed by atoms with Gasteiger partial charge in [0.2, 0.25) is 0 Å². The Bertz CT molecular complexity index is 114. The second-order valence-electron chi connectivity index (χ2n) is 6.08. The molecule has 0 heterocycles. The van der Waals surface area contributed by atoms with Crippen molar-refractivity contribution in [2.75, 3.05) is 0 Å². The fourth-order valence-corrected chi connectivity index (χ4v) is 2.35. The van der Waals surface area contributed by atoms with Gasteiger partial charge in [0, 0.05) is 0 Å². The van der Waals surface area contributed by atoms with E-state index in [9.17, 15) is 0 Å². The fourth-order valence-electron chi connectivity index (χ4n) is 2.35. The zero-order valence-electron chi connectivity index (χ0n) is 14.2. The number of unbranched alkanes of at least 4 members (excludes halogenated alkanes) is 5. The van der Waals surface area contributed by atoms with Crippen LogP contribution in [-0.2, 0) is 0 Å². The Morgan fingerprint density at radius 2 is 0.783 bits per heavy atom. The van der Waals surface area contributed by atoms with Crippen LogP contribution < -0.4 is 0 Å². The van der Waals surface area contributed by atoms with Gasteiger partial charge in [0.15, 0.2) is 0 Å². The summed E-state index contributed by atoms with van der Waals surface area (Å²) in [6, 6.07) is 0. The molecule has 0 aliphatic heterocycles. The molecule has 1 aliphatic rings. The Labute approximate surface area is 155 Å². The highest BCUT2D eigenvalue weighted by Crippen LogP contribution is 2.29. The molecule has 0 aromatic rings. The van der Waals surface area contributed by atoms with E-state index in [2.05, 4.69) is 41.5 Å². The van der Waals surface area contributed by atoms with E-state index < -0.39 is 0 Å². The first-order valence-electron chi connectivity index (χ1n) is 8.62. The van der Waals surface area contributed by atoms with Gasteiger partial charge >= 0.3 is 0 Å². The van der Waals surface area contributed by atoms with Gasteiger partial charge < -0.3 is 0 Å². The quantitative estimate of drug-likeness (QED) is 0.438. The highest BCUT2D eigenvalue weighted by molar-refractivity contribution is 4.68. The minimum absolute atomic E-state index is 0. The van der Waals surface area contributed by atoms with Gasteiger partial charge in [-0.05, 0) is 18.3 Å². The van der Waals surface area contributed by atoms with Gasteiger partial charge in [0.1, 0.15) is 0 Å². The van der Waals surface area contributed by atoms with Crippen molar-refractivity contribution in [1.29, 1.82) is 0 Å². The topological polar surface area (TPSA) is 0 Å². The van der Waals surface area contributed by atoms with Crippen LogP contribution >= 0.6 is 0 Å². The molecular formula is C23H60. The van der Waals surface area contributed by atoms with Crippen LogP contribution in [0.1, 0.15) is 143 Å². The van der Waals surface area contributed by atoms with E-state index in [0.717, 1.165) is 11.8 Å². The summed E-state index contributed by atoms with van der Waals surface area (Å²) in [5.41, 5.74) is 0. The molecule has 1 aliphatic carbocycles. The average molecular weight is 337 g/mol. The lowest BCUT2D eigenvalue weighted by Crippen LogP contribution is -1.84. The third-order valence-electron chi connectivity index (χ3n) is 3.62. The van der Waals surface area contributed by atoms with E-state index >= 15 is 0 Å². The molecule has 152 valence electrons. The minimum Gasteiger partial charge on any atom is -0.0776 e. The predicted molar refractivity (Wildman–Crippen MR) is 121 cm³/mol. The van der Waals surface area contributed by atoms with Crippen molar-refractivity contribution >= 4 is 0 Å². The Kier molecular flexibility index (Phi) is 71.7. The summed E-state index contributed by atoms with van der Waals surface area (Å²) in [5.74, 6) is 2.05. The number of rotatable bonds is 5. The first-order chi connectivity index (χ1) is 8.62. The zero-order valence-corrected chi connectivity index (χ0v) is 14.2. The highest BCUT2D eigenvalue weighted by Gasteiger charge is 2.15. The van der Waals surface area contributed by atoms with Crippen LogP contribution in [0.25, 0.3) is 0 Å². The molecule has 1 rings (SSSR count). The van der Waals surface area contributed by atoms with Gasteiger partial charge in [0.05, 0.1) is 0 Å². The van der Waals surface area contributed by atoms with E-state index in [0.29, 0.717) is 0 Å². The van der Waals surface area contributed by atoms with Crippen LogP contribution in [0.5, 0.6) is 0 Å². The first kappa shape index (κ1) is 43.5. The van der Waals surface area contributed by atoms with Crippen molar-refractivity contribution < 1.29 is 0 Å². The maximum atomic E-state index is 2.35. The molecule has 1 saturated carbocycles. The van der Waals surface area contributed by atoms with Gasteiger partial charge in [-0.1, -0.05) is 136 Å². The van der Waals surface area contributed by atoms with Crippen LogP contribution in [0, 0.1) is 11.8 Å². The second kappa shape index (κ2) is 37.9. The second-order valence-corrected chi connectivity index (χ2v) is 6.08. The average Bonchev–Trinajstić information content (AvgIpc) is 2.73. The molecular weight excluding hydrogens is 276 g/mol. The lowest BCUT2D eigenvalue weighted by atomic mass is 10.1. The van der Waals surface area contributed by atoms with E-state index in [4.69, 9.17) is 0 Å². The summed E-state index contributed by atoms with van der Waals surface area (Å²) < 4.78 is 0. The van der Waals surface area contributed by atoms with Crippen molar-refractivity contribution in [3.63, 3.8) is 0 Å². The summed E-state index contributed by atoms with van der Waals surface area (Å²) in [5, 5.41) is 0. The van der Waals surface area contributed by atoms with E-state index in [1.807, 2.05) is 0 Å². The number of hydrogen-bond donors (Lipinski definition) is 0. The summed E-state index contributed by atoms with van der Waals surface area (Å²) in [6.45, 7) is 13.6. The molecule has 0 heteroatoms. The summed E-state index contributed by atoms with van der Waals surface area (Å²) in [4.78, 5) is 0. The third-order valence-corrected chi connectivity index (χ3v) is 3.62. The highest BCUT2D eigenvalue weighted by atomic mass is 14.2. The lowest BCUT2D eigenvalue weighted by Gasteiger charge is -1.96. The molecule has 0 saturated heterocycles. The molecule has 0 spiro atoms. The summed E-state index contributed by atoms with van der Waals surface area (Å²) >= 11 is 0. The van der Waals surface area contributed by atoms with Gasteiger partial charge in [-0.25, -0.2) is 0 Å². The molecule has 0 nitrogen and oxygen atoms in total. The maximum absolute atomic E-state index is 2.35. The van der Waals surface area contributed by atoms with Crippen LogP contribution in [0.15, 0.2) is 0 Å². The van der Waals surface area contributed by atoms with E-state index in [-0.39, 0.29) is 37.1 Å². The van der Waals surface area contributed by atoms with Gasteiger partial charge in [-0.2, -0.15) is 0 Å². The van der Waals surface area contributed by atoms with Crippen molar-refractivity contribution in [2.24, 2.45) is 11.8 Å². The third kappa shape index (κ3) is 44.9. The summed E-state index contributed by atoms with van der Waals surface area (Å²) in [6.07, 6.45) is 14.0. The molecule has 0 radical (unpaired) electrons. The predicted octanol–water partition coefficient (Wildman–Crippen LogP) is 10.4. The molecule has 0 bridgehead atoms. The zero-order chi connectivity index (χ0) is 14.2. The van der Waals surface area contributed by atoms with Crippen LogP contribution in [0.4, 0.5) is 0 Å². The Morgan fingerprint density at radius 1 is 0.522 bits per heavy atom. The van der Waals surface area contributed by atoms with Crippen LogP contribution in [0.2, 0.25) is 0 Å². The van der Waals surface area contributed by atoms with Gasteiger partial charge in [-0.3, -0.25) is 0 Å². The van der Waals surface area contributed by atoms with Gasteiger partial charge in [0.25, 0.3) is 0 Å². The molecule has 0 aromatic heterocycles. The smallest absolute Gasteiger partial charge is 0.0440 e. The lowest BCUT2D eigenvalue weighted by molar-refractivity contribution is 0.555. The van der Waals surface area contributed by atoms with Gasteiger partial charge in [-0.15, -0.1) is 0 Å². The summed E-state index contributed by atoms with van der Waals surface area (Å²) in [7, 11) is 0. The Morgan fingerprint density at radius 3 is 0.870 bits per heavy atom. The van der Waals surface area contributed by atoms with Crippen LogP contribution in [-0.4, -0.2) is 0 Å². The number of hydrogen-bond acceptors (Lipinski definition) is 0. The maximum Gasteiger partial charge on any atom is -0.0440 e. The van der Waals surface area contributed by atoms with Crippen molar-refractivity contribution in [1.82, 2.24) is 0 Å². The standard InChI is InChI=1S/C7H14.C6H14.C5H12.5CH4/c1-6-3-4-7(2)5-6;1-3-5-6-4-2;1-3-5-4-2;;;;;/h6-7H,3-5H2,1-2H3;3-6H2,1-2H3;3-5H2,1-2H3;5*1H4. The monoisotopic (exact) mass is 336 g/mol. The van der Waals surface area contributed by atoms with Crippen molar-refractivity contribution in [3.8, 4) is 0 Å². The van der Waals surface area contributed by atoms with Crippen LogP contribution in [0.3, 0.4) is 0 Å². The fraction of sp³-hybridized carbons (Fsp3) is 1.00. The molecule has 2 atom stereocenters. The largest absolute Gasteiger partial charge is 0.0776 e. The normalized spacial score (nSPS) is 17.0. The molecule has 1 fully saturated rings. The SMILES string of the molecule is C.C.C.C.C.CC1CCC(C)C1.CCCCC.CCCCCC. The van der Waals surface area contributed by atoms with E-state index in [1.54, 1.807) is 0 Å². The molecule has 23 heavy (non-hydrogen) atoms. The van der Waals surface area contributed by atoms with E-state index in [1.165, 1.54) is 64.2 Å². The first-order valence-corrected chi connectivity index (χ1v) is 8.62. The molecule has 0 amide bonds. The Hall–Kier alpha value is 0. The van der Waals surface area contributed by atoms with Crippen molar-refractivity contribution in [2.45, 2.75) is 143 Å².